The minimum absolute atomic E-state index is 0.106. The highest BCUT2D eigenvalue weighted by Gasteiger charge is 2.45. The number of carbonyl (C=O) groups excluding carboxylic acids is 3. The molecule has 5 rings (SSSR count). The van der Waals surface area contributed by atoms with E-state index in [2.05, 4.69) is 22.0 Å². The fraction of sp³-hybridized carbons (Fsp3) is 0.526. The zero-order chi connectivity index (χ0) is 17.9. The van der Waals surface area contributed by atoms with Crippen molar-refractivity contribution >= 4 is 23.4 Å². The molecule has 1 atom stereocenters. The third kappa shape index (κ3) is 2.13. The van der Waals surface area contributed by atoms with Crippen LogP contribution in [0, 0.1) is 0 Å². The Morgan fingerprint density at radius 2 is 1.92 bits per heavy atom. The Hall–Kier alpha value is -2.41. The summed E-state index contributed by atoms with van der Waals surface area (Å²) >= 11 is 0. The number of hydrogen-bond acceptors (Lipinski definition) is 5. The molecule has 0 aromatic heterocycles. The molecule has 26 heavy (non-hydrogen) atoms. The maximum absolute atomic E-state index is 12.9. The van der Waals surface area contributed by atoms with E-state index in [9.17, 15) is 14.4 Å². The maximum atomic E-state index is 12.9. The Bertz CT molecular complexity index is 828. The van der Waals surface area contributed by atoms with Crippen LogP contribution in [0.25, 0.3) is 0 Å². The van der Waals surface area contributed by atoms with Crippen LogP contribution < -0.4 is 16.0 Å². The van der Waals surface area contributed by atoms with Crippen LogP contribution in [0.5, 0.6) is 0 Å². The summed E-state index contributed by atoms with van der Waals surface area (Å²) in [5, 5.41) is 9.34. The molecule has 7 nitrogen and oxygen atoms in total. The predicted octanol–water partition coefficient (Wildman–Crippen LogP) is 0.494. The van der Waals surface area contributed by atoms with Gasteiger partial charge in [0.15, 0.2) is 0 Å². The second kappa shape index (κ2) is 5.54. The molecule has 1 aromatic rings. The van der Waals surface area contributed by atoms with Crippen LogP contribution in [0.1, 0.15) is 47.2 Å². The smallest absolute Gasteiger partial charge is 0.255 e. The van der Waals surface area contributed by atoms with E-state index in [1.54, 1.807) is 4.90 Å². The SMILES string of the molecule is O=C1CC[C@H](N2Cc3c(ccc4c3NCC43CCNCC3)C2=O)C(=O)N1. The lowest BCUT2D eigenvalue weighted by molar-refractivity contribution is -0.136. The van der Waals surface area contributed by atoms with Crippen molar-refractivity contribution in [3.05, 3.63) is 28.8 Å². The molecule has 0 saturated carbocycles. The van der Waals surface area contributed by atoms with Gasteiger partial charge in [-0.05, 0) is 44.0 Å². The molecule has 1 spiro atoms. The lowest BCUT2D eigenvalue weighted by Crippen LogP contribution is -2.52. The molecular formula is C19H22N4O3. The molecule has 3 N–H and O–H groups in total. The van der Waals surface area contributed by atoms with E-state index in [1.807, 2.05) is 6.07 Å². The van der Waals surface area contributed by atoms with Gasteiger partial charge in [0.25, 0.3) is 5.91 Å². The second-order valence-corrected chi connectivity index (χ2v) is 7.80. The molecule has 136 valence electrons. The zero-order valence-corrected chi connectivity index (χ0v) is 14.6. The van der Waals surface area contributed by atoms with Gasteiger partial charge in [-0.3, -0.25) is 19.7 Å². The number of hydrogen-bond donors (Lipinski definition) is 3. The molecule has 0 bridgehead atoms. The first-order chi connectivity index (χ1) is 12.6. The Labute approximate surface area is 151 Å². The van der Waals surface area contributed by atoms with Crippen molar-refractivity contribution in [3.8, 4) is 0 Å². The predicted molar refractivity (Wildman–Crippen MR) is 94.8 cm³/mol. The fourth-order valence-electron chi connectivity index (χ4n) is 4.99. The number of nitrogens with zero attached hydrogens (tertiary/aromatic N) is 1. The maximum Gasteiger partial charge on any atom is 0.255 e. The standard InChI is InChI=1S/C19H22N4O3/c24-15-4-3-14(17(25)22-15)23-9-12-11(18(23)26)1-2-13-16(12)21-10-19(13)5-7-20-8-6-19/h1-2,14,20-21H,3-10H2,(H,22,24,25)/t14-/m0/s1. The average Bonchev–Trinajstić information content (AvgIpc) is 3.15. The van der Waals surface area contributed by atoms with Crippen LogP contribution in [-0.4, -0.2) is 48.3 Å². The monoisotopic (exact) mass is 354 g/mol. The van der Waals surface area contributed by atoms with Crippen molar-refractivity contribution < 1.29 is 14.4 Å². The molecule has 2 saturated heterocycles. The van der Waals surface area contributed by atoms with Gasteiger partial charge in [0.2, 0.25) is 11.8 Å². The summed E-state index contributed by atoms with van der Waals surface area (Å²) in [5.74, 6) is -0.724. The zero-order valence-electron chi connectivity index (χ0n) is 14.6. The lowest BCUT2D eigenvalue weighted by atomic mass is 9.74. The number of anilines is 1. The summed E-state index contributed by atoms with van der Waals surface area (Å²) in [5.41, 5.74) is 4.25. The van der Waals surface area contributed by atoms with Gasteiger partial charge in [0.05, 0.1) is 0 Å². The minimum Gasteiger partial charge on any atom is -0.384 e. The average molecular weight is 354 g/mol. The summed E-state index contributed by atoms with van der Waals surface area (Å²) in [6.07, 6.45) is 2.87. The van der Waals surface area contributed by atoms with E-state index in [1.165, 1.54) is 5.56 Å². The van der Waals surface area contributed by atoms with Gasteiger partial charge in [0.1, 0.15) is 6.04 Å². The normalized spacial score (nSPS) is 26.5. The number of fused-ring (bicyclic) bond motifs is 4. The molecule has 0 radical (unpaired) electrons. The first kappa shape index (κ1) is 15.8. The van der Waals surface area contributed by atoms with E-state index in [0.29, 0.717) is 18.5 Å². The van der Waals surface area contributed by atoms with E-state index >= 15 is 0 Å². The van der Waals surface area contributed by atoms with E-state index in [4.69, 9.17) is 0 Å². The highest BCUT2D eigenvalue weighted by atomic mass is 16.2. The number of benzene rings is 1. The van der Waals surface area contributed by atoms with Crippen molar-refractivity contribution in [3.63, 3.8) is 0 Å². The second-order valence-electron chi connectivity index (χ2n) is 7.80. The van der Waals surface area contributed by atoms with Gasteiger partial charge in [-0.2, -0.15) is 0 Å². The molecule has 4 aliphatic heterocycles. The molecule has 3 amide bonds. The molecular weight excluding hydrogens is 332 g/mol. The van der Waals surface area contributed by atoms with Gasteiger partial charge in [-0.25, -0.2) is 0 Å². The quantitative estimate of drug-likeness (QED) is 0.639. The first-order valence-electron chi connectivity index (χ1n) is 9.35. The Morgan fingerprint density at radius 1 is 1.12 bits per heavy atom. The minimum atomic E-state index is -0.558. The van der Waals surface area contributed by atoms with Crippen LogP contribution in [0.2, 0.25) is 0 Å². The van der Waals surface area contributed by atoms with E-state index in [-0.39, 0.29) is 29.6 Å². The van der Waals surface area contributed by atoms with E-state index in [0.717, 1.165) is 43.7 Å². The van der Waals surface area contributed by atoms with Crippen molar-refractivity contribution in [2.45, 2.75) is 43.7 Å². The number of carbonyl (C=O) groups is 3. The van der Waals surface area contributed by atoms with Crippen molar-refractivity contribution in [1.82, 2.24) is 15.5 Å². The molecule has 1 aromatic carbocycles. The van der Waals surface area contributed by atoms with Gasteiger partial charge in [-0.15, -0.1) is 0 Å². The number of imide groups is 1. The first-order valence-corrected chi connectivity index (χ1v) is 9.35. The number of nitrogens with one attached hydrogen (secondary N) is 3. The third-order valence-electron chi connectivity index (χ3n) is 6.45. The molecule has 0 unspecified atom stereocenters. The van der Waals surface area contributed by atoms with Crippen LogP contribution in [0.15, 0.2) is 12.1 Å². The number of amides is 3. The molecule has 2 fully saturated rings. The largest absolute Gasteiger partial charge is 0.384 e. The van der Waals surface area contributed by atoms with Crippen LogP contribution in [-0.2, 0) is 21.5 Å². The summed E-state index contributed by atoms with van der Waals surface area (Å²) in [6, 6.07) is 3.47. The Morgan fingerprint density at radius 3 is 2.69 bits per heavy atom. The number of piperidine rings is 2. The lowest BCUT2D eigenvalue weighted by Gasteiger charge is -2.33. The summed E-state index contributed by atoms with van der Waals surface area (Å²) in [6.45, 7) is 3.37. The van der Waals surface area contributed by atoms with Crippen molar-refractivity contribution in [2.24, 2.45) is 0 Å². The number of rotatable bonds is 1. The molecule has 0 aliphatic carbocycles. The molecule has 4 aliphatic rings. The van der Waals surface area contributed by atoms with Crippen LogP contribution >= 0.6 is 0 Å². The van der Waals surface area contributed by atoms with Crippen molar-refractivity contribution in [2.75, 3.05) is 25.0 Å². The van der Waals surface area contributed by atoms with Crippen LogP contribution in [0.3, 0.4) is 0 Å². The molecule has 4 heterocycles. The van der Waals surface area contributed by atoms with Crippen molar-refractivity contribution in [1.29, 1.82) is 0 Å². The van der Waals surface area contributed by atoms with E-state index < -0.39 is 6.04 Å². The summed E-state index contributed by atoms with van der Waals surface area (Å²) < 4.78 is 0. The Kier molecular flexibility index (Phi) is 3.37. The van der Waals surface area contributed by atoms with Gasteiger partial charge >= 0.3 is 0 Å². The van der Waals surface area contributed by atoms with Gasteiger partial charge < -0.3 is 15.5 Å². The summed E-state index contributed by atoms with van der Waals surface area (Å²) in [7, 11) is 0. The van der Waals surface area contributed by atoms with Crippen LogP contribution in [0.4, 0.5) is 5.69 Å². The van der Waals surface area contributed by atoms with Gasteiger partial charge in [-0.1, -0.05) is 6.07 Å². The highest BCUT2D eigenvalue weighted by Crippen LogP contribution is 2.47. The molecule has 7 heteroatoms. The summed E-state index contributed by atoms with van der Waals surface area (Å²) in [4.78, 5) is 38.2. The topological polar surface area (TPSA) is 90.5 Å². The Balaban J connectivity index is 1.48. The highest BCUT2D eigenvalue weighted by molar-refractivity contribution is 6.06. The third-order valence-corrected chi connectivity index (χ3v) is 6.45. The fourth-order valence-corrected chi connectivity index (χ4v) is 4.99. The van der Waals surface area contributed by atoms with Gasteiger partial charge in [0, 0.05) is 41.7 Å².